The number of rotatable bonds is 8. The van der Waals surface area contributed by atoms with Crippen LogP contribution in [0.3, 0.4) is 0 Å². The number of carbonyl (C=O) groups excluding carboxylic acids is 3. The van der Waals surface area contributed by atoms with Crippen LogP contribution in [0.4, 0.5) is 19.7 Å². The van der Waals surface area contributed by atoms with E-state index >= 15 is 0 Å². The van der Waals surface area contributed by atoms with Gasteiger partial charge in [0, 0.05) is 5.56 Å². The van der Waals surface area contributed by atoms with Crippen molar-refractivity contribution in [1.82, 2.24) is 0 Å². The number of benzene rings is 1. The second-order valence-electron chi connectivity index (χ2n) is 6.41. The predicted molar refractivity (Wildman–Crippen MR) is 114 cm³/mol. The van der Waals surface area contributed by atoms with Gasteiger partial charge in [0.15, 0.2) is 5.76 Å². The number of urea groups is 1. The van der Waals surface area contributed by atoms with Gasteiger partial charge in [-0.25, -0.2) is 18.9 Å². The Kier molecular flexibility index (Phi) is 7.45. The van der Waals surface area contributed by atoms with Crippen LogP contribution in [0.25, 0.3) is 11.3 Å². The quantitative estimate of drug-likeness (QED) is 0.143. The lowest BCUT2D eigenvalue weighted by Crippen LogP contribution is -2.38. The van der Waals surface area contributed by atoms with E-state index in [1.54, 1.807) is 17.5 Å². The Morgan fingerprint density at radius 3 is 2.64 bits per heavy atom. The van der Waals surface area contributed by atoms with E-state index in [0.29, 0.717) is 9.78 Å². The summed E-state index contributed by atoms with van der Waals surface area (Å²) in [5.41, 5.74) is 4.93. The molecule has 0 radical (unpaired) electrons. The summed E-state index contributed by atoms with van der Waals surface area (Å²) in [7, 11) is 0. The van der Waals surface area contributed by atoms with E-state index in [4.69, 9.17) is 26.8 Å². The summed E-state index contributed by atoms with van der Waals surface area (Å²) < 4.78 is 24.4. The van der Waals surface area contributed by atoms with E-state index in [0.717, 1.165) is 23.5 Å². The van der Waals surface area contributed by atoms with Gasteiger partial charge >= 0.3 is 12.2 Å². The molecule has 0 saturated heterocycles. The third-order valence-electron chi connectivity index (χ3n) is 4.30. The molecule has 0 fully saturated rings. The molecule has 0 bridgehead atoms. The summed E-state index contributed by atoms with van der Waals surface area (Å²) in [6, 6.07) is 4.04. The number of unbranched alkanes of at least 4 members (excludes halogenated alkanes) is 1. The van der Waals surface area contributed by atoms with Crippen molar-refractivity contribution in [2.24, 2.45) is 5.73 Å². The van der Waals surface area contributed by atoms with Gasteiger partial charge in [-0.2, -0.15) is 0 Å². The first-order chi connectivity index (χ1) is 15.7. The summed E-state index contributed by atoms with van der Waals surface area (Å²) in [5, 5.41) is 10.5. The van der Waals surface area contributed by atoms with Crippen molar-refractivity contribution in [3.8, 4) is 0 Å². The molecule has 1 aliphatic heterocycles. The number of nitrogens with two attached hydrogens (primary N) is 1. The minimum Gasteiger partial charge on any atom is -0.434 e. The topological polar surface area (TPSA) is 151 Å². The van der Waals surface area contributed by atoms with Crippen LogP contribution >= 0.6 is 22.9 Å². The SMILES string of the molecule is NC(=O)N1C(=O)/C(=C(\OC(=O)OCCCCO[N+](=O)[O-])c2cccs2)c2cc(F)c(Cl)cc21. The fraction of sp³-hybridized carbons (Fsp3) is 0.211. The number of anilines is 1. The molecular formula is C19H15ClFN3O8S. The van der Waals surface area contributed by atoms with Gasteiger partial charge in [0.2, 0.25) is 0 Å². The summed E-state index contributed by atoms with van der Waals surface area (Å²) in [6.45, 7) is -0.312. The molecule has 11 nitrogen and oxygen atoms in total. The molecule has 14 heteroatoms. The maximum Gasteiger partial charge on any atom is 0.513 e. The van der Waals surface area contributed by atoms with Crippen molar-refractivity contribution in [1.29, 1.82) is 0 Å². The number of hydrogen-bond acceptors (Lipinski definition) is 9. The fourth-order valence-corrected chi connectivity index (χ4v) is 3.81. The number of amides is 3. The highest BCUT2D eigenvalue weighted by Crippen LogP contribution is 2.44. The molecule has 0 aliphatic carbocycles. The highest BCUT2D eigenvalue weighted by molar-refractivity contribution is 7.11. The Morgan fingerprint density at radius 2 is 2.00 bits per heavy atom. The monoisotopic (exact) mass is 499 g/mol. The Bertz CT molecular complexity index is 1140. The van der Waals surface area contributed by atoms with Crippen LogP contribution in [0.1, 0.15) is 23.3 Å². The minimum absolute atomic E-state index is 0.0474. The Hall–Kier alpha value is -3.71. The van der Waals surface area contributed by atoms with Gasteiger partial charge < -0.3 is 20.0 Å². The molecule has 0 saturated carbocycles. The molecule has 174 valence electrons. The van der Waals surface area contributed by atoms with Crippen molar-refractivity contribution >= 4 is 58.1 Å². The zero-order valence-electron chi connectivity index (χ0n) is 16.6. The highest BCUT2D eigenvalue weighted by atomic mass is 35.5. The number of ether oxygens (including phenoxy) is 2. The molecule has 0 unspecified atom stereocenters. The number of halogens is 2. The molecule has 33 heavy (non-hydrogen) atoms. The fourth-order valence-electron chi connectivity index (χ4n) is 2.94. The van der Waals surface area contributed by atoms with E-state index < -0.39 is 29.0 Å². The molecule has 2 N–H and O–H groups in total. The maximum atomic E-state index is 14.2. The Balaban J connectivity index is 1.90. The first kappa shape index (κ1) is 23.9. The molecular weight excluding hydrogens is 485 g/mol. The Morgan fingerprint density at radius 1 is 1.27 bits per heavy atom. The number of nitrogens with zero attached hydrogens (tertiary/aromatic N) is 2. The zero-order chi connectivity index (χ0) is 24.1. The van der Waals surface area contributed by atoms with Crippen molar-refractivity contribution < 1.29 is 38.2 Å². The van der Waals surface area contributed by atoms with E-state index in [-0.39, 0.29) is 53.7 Å². The van der Waals surface area contributed by atoms with Crippen LogP contribution < -0.4 is 10.6 Å². The largest absolute Gasteiger partial charge is 0.513 e. The highest BCUT2D eigenvalue weighted by Gasteiger charge is 2.40. The molecule has 2 heterocycles. The van der Waals surface area contributed by atoms with Crippen LogP contribution in [0.2, 0.25) is 5.02 Å². The number of thiophene rings is 1. The molecule has 1 aliphatic rings. The number of hydrogen-bond donors (Lipinski definition) is 1. The predicted octanol–water partition coefficient (Wildman–Crippen LogP) is 3.98. The lowest BCUT2D eigenvalue weighted by atomic mass is 10.0. The van der Waals surface area contributed by atoms with Crippen molar-refractivity contribution in [2.45, 2.75) is 12.8 Å². The van der Waals surface area contributed by atoms with Gasteiger partial charge in [0.25, 0.3) is 11.0 Å². The average molecular weight is 500 g/mol. The summed E-state index contributed by atoms with van der Waals surface area (Å²) in [4.78, 5) is 52.4. The first-order valence-corrected chi connectivity index (χ1v) is 10.5. The zero-order valence-corrected chi connectivity index (χ0v) is 18.2. The normalized spacial score (nSPS) is 14.0. The molecule has 0 atom stereocenters. The van der Waals surface area contributed by atoms with E-state index in [2.05, 4.69) is 4.84 Å². The molecule has 0 spiro atoms. The number of fused-ring (bicyclic) bond motifs is 1. The third-order valence-corrected chi connectivity index (χ3v) is 5.46. The Labute approximate surface area is 194 Å². The van der Waals surface area contributed by atoms with E-state index in [1.165, 1.54) is 0 Å². The van der Waals surface area contributed by atoms with Crippen molar-refractivity contribution in [3.05, 3.63) is 61.0 Å². The van der Waals surface area contributed by atoms with Gasteiger partial charge in [-0.05, 0) is 36.4 Å². The van der Waals surface area contributed by atoms with Crippen LogP contribution in [-0.4, -0.2) is 36.4 Å². The van der Waals surface area contributed by atoms with Crippen molar-refractivity contribution in [2.75, 3.05) is 18.1 Å². The van der Waals surface area contributed by atoms with E-state index in [9.17, 15) is 28.9 Å². The van der Waals surface area contributed by atoms with Gasteiger partial charge in [-0.1, -0.05) is 17.7 Å². The van der Waals surface area contributed by atoms with Gasteiger partial charge in [0.05, 0.1) is 34.4 Å². The lowest BCUT2D eigenvalue weighted by Gasteiger charge is -2.12. The van der Waals surface area contributed by atoms with Gasteiger partial charge in [0.1, 0.15) is 5.82 Å². The standard InChI is InChI=1S/C19H15ClFN3O8S/c20-11-9-13-10(8-12(11)21)15(17(25)23(13)18(22)26)16(14-4-3-7-33-14)32-19(27)30-5-1-2-6-31-24(28)29/h3-4,7-9H,1-2,5-6H2,(H2,22,26)/b16-15-. The molecule has 3 amide bonds. The van der Waals surface area contributed by atoms with Gasteiger partial charge in [-0.3, -0.25) is 4.79 Å². The number of primary amides is 1. The third kappa shape index (κ3) is 5.38. The molecule has 1 aromatic carbocycles. The number of imide groups is 1. The van der Waals surface area contributed by atoms with Crippen LogP contribution in [0, 0.1) is 15.9 Å². The average Bonchev–Trinajstić information content (AvgIpc) is 3.36. The van der Waals surface area contributed by atoms with Crippen LogP contribution in [-0.2, 0) is 19.1 Å². The molecule has 2 aromatic rings. The lowest BCUT2D eigenvalue weighted by molar-refractivity contribution is -0.757. The summed E-state index contributed by atoms with van der Waals surface area (Å²) >= 11 is 6.91. The summed E-state index contributed by atoms with van der Waals surface area (Å²) in [5.74, 6) is -2.06. The van der Waals surface area contributed by atoms with E-state index in [1.807, 2.05) is 0 Å². The van der Waals surface area contributed by atoms with Crippen LogP contribution in [0.5, 0.6) is 0 Å². The second-order valence-corrected chi connectivity index (χ2v) is 7.76. The first-order valence-electron chi connectivity index (χ1n) is 9.24. The van der Waals surface area contributed by atoms with Crippen molar-refractivity contribution in [3.63, 3.8) is 0 Å². The second kappa shape index (κ2) is 10.3. The molecule has 1 aromatic heterocycles. The number of carbonyl (C=O) groups is 3. The summed E-state index contributed by atoms with van der Waals surface area (Å²) in [6.07, 6.45) is -0.691. The van der Waals surface area contributed by atoms with Crippen LogP contribution in [0.15, 0.2) is 29.6 Å². The smallest absolute Gasteiger partial charge is 0.434 e. The maximum absolute atomic E-state index is 14.2. The minimum atomic E-state index is -1.18. The molecule has 3 rings (SSSR count). The van der Waals surface area contributed by atoms with Gasteiger partial charge in [-0.15, -0.1) is 21.5 Å².